The standard InChI is InChI=1S/C22H28N2O3.C7H13NO/c1-26-20-14-18(15-21(16-20)27-2)22(25)23-19-8-6-7-17(13-19)9-12-24-10-4-3-5-11-24;8-7-3-1-6(5-9)2-4-7/h6-8,13-16H,3-5,9-12H2,1-2H3,(H,23,25);5-7H,1-4,8H2. The lowest BCUT2D eigenvalue weighted by Crippen LogP contribution is -2.31. The van der Waals surface area contributed by atoms with E-state index in [2.05, 4.69) is 22.3 Å². The van der Waals surface area contributed by atoms with Crippen LogP contribution in [0, 0.1) is 5.92 Å². The molecule has 196 valence electrons. The highest BCUT2D eigenvalue weighted by Gasteiger charge is 2.17. The number of benzene rings is 2. The van der Waals surface area contributed by atoms with E-state index in [9.17, 15) is 9.59 Å². The minimum Gasteiger partial charge on any atom is -0.497 e. The third-order valence-electron chi connectivity index (χ3n) is 6.97. The van der Waals surface area contributed by atoms with Gasteiger partial charge >= 0.3 is 0 Å². The fourth-order valence-corrected chi connectivity index (χ4v) is 4.70. The van der Waals surface area contributed by atoms with Gasteiger partial charge in [0, 0.05) is 35.8 Å². The molecule has 4 rings (SSSR count). The summed E-state index contributed by atoms with van der Waals surface area (Å²) in [6.07, 6.45) is 10.1. The highest BCUT2D eigenvalue weighted by atomic mass is 16.5. The Bertz CT molecular complexity index is 944. The van der Waals surface area contributed by atoms with Gasteiger partial charge in [0.1, 0.15) is 17.8 Å². The number of amides is 1. The fourth-order valence-electron chi connectivity index (χ4n) is 4.70. The molecule has 0 radical (unpaired) electrons. The van der Waals surface area contributed by atoms with E-state index < -0.39 is 0 Å². The summed E-state index contributed by atoms with van der Waals surface area (Å²) >= 11 is 0. The molecule has 1 aliphatic heterocycles. The van der Waals surface area contributed by atoms with Crippen molar-refractivity contribution in [2.24, 2.45) is 11.7 Å². The summed E-state index contributed by atoms with van der Waals surface area (Å²) in [5.74, 6) is 1.31. The molecule has 2 fully saturated rings. The summed E-state index contributed by atoms with van der Waals surface area (Å²) in [7, 11) is 3.14. The quantitative estimate of drug-likeness (QED) is 0.516. The third kappa shape index (κ3) is 8.95. The molecular weight excluding hydrogens is 454 g/mol. The van der Waals surface area contributed by atoms with E-state index in [0.29, 0.717) is 29.0 Å². The largest absolute Gasteiger partial charge is 0.497 e. The molecule has 1 saturated heterocycles. The monoisotopic (exact) mass is 495 g/mol. The minimum absolute atomic E-state index is 0.180. The van der Waals surface area contributed by atoms with Crippen LogP contribution >= 0.6 is 0 Å². The molecule has 1 aliphatic carbocycles. The number of anilines is 1. The van der Waals surface area contributed by atoms with Crippen LogP contribution in [0.5, 0.6) is 11.5 Å². The number of nitrogens with zero attached hydrogens (tertiary/aromatic N) is 1. The molecule has 1 amide bonds. The maximum atomic E-state index is 12.6. The van der Waals surface area contributed by atoms with Crippen molar-refractivity contribution in [2.45, 2.75) is 57.4 Å². The average molecular weight is 496 g/mol. The molecule has 7 nitrogen and oxygen atoms in total. The molecule has 0 aromatic heterocycles. The van der Waals surface area contributed by atoms with Crippen LogP contribution in [0.15, 0.2) is 42.5 Å². The number of ether oxygens (including phenoxy) is 2. The van der Waals surface area contributed by atoms with Gasteiger partial charge in [-0.05, 0) is 87.9 Å². The molecule has 1 saturated carbocycles. The highest BCUT2D eigenvalue weighted by molar-refractivity contribution is 6.04. The van der Waals surface area contributed by atoms with Crippen LogP contribution in [-0.2, 0) is 11.2 Å². The molecule has 7 heteroatoms. The van der Waals surface area contributed by atoms with Gasteiger partial charge in [0.2, 0.25) is 0 Å². The van der Waals surface area contributed by atoms with Crippen molar-refractivity contribution in [1.82, 2.24) is 4.90 Å². The first-order valence-corrected chi connectivity index (χ1v) is 13.1. The van der Waals surface area contributed by atoms with E-state index in [1.807, 2.05) is 12.1 Å². The predicted molar refractivity (Wildman–Crippen MR) is 144 cm³/mol. The second kappa shape index (κ2) is 14.6. The van der Waals surface area contributed by atoms with Crippen LogP contribution in [0.3, 0.4) is 0 Å². The summed E-state index contributed by atoms with van der Waals surface area (Å²) in [6, 6.07) is 13.6. The topological polar surface area (TPSA) is 93.9 Å². The van der Waals surface area contributed by atoms with Gasteiger partial charge in [0.05, 0.1) is 14.2 Å². The van der Waals surface area contributed by atoms with Crippen LogP contribution in [0.1, 0.15) is 60.9 Å². The Hall–Kier alpha value is -2.90. The first-order valence-electron chi connectivity index (χ1n) is 13.1. The molecule has 2 aromatic rings. The first kappa shape index (κ1) is 27.7. The van der Waals surface area contributed by atoms with E-state index >= 15 is 0 Å². The molecule has 0 atom stereocenters. The lowest BCUT2D eigenvalue weighted by atomic mass is 9.88. The number of likely N-dealkylation sites (tertiary alicyclic amines) is 1. The number of hydrogen-bond donors (Lipinski definition) is 2. The third-order valence-corrected chi connectivity index (χ3v) is 6.97. The molecular formula is C29H41N3O4. The Morgan fingerprint density at radius 2 is 1.67 bits per heavy atom. The second-order valence-electron chi connectivity index (χ2n) is 9.72. The van der Waals surface area contributed by atoms with Crippen LogP contribution in [0.25, 0.3) is 0 Å². The van der Waals surface area contributed by atoms with Gasteiger partial charge in [-0.25, -0.2) is 0 Å². The smallest absolute Gasteiger partial charge is 0.255 e. The Morgan fingerprint density at radius 1 is 1.00 bits per heavy atom. The van der Waals surface area contributed by atoms with E-state index in [0.717, 1.165) is 50.6 Å². The maximum absolute atomic E-state index is 12.6. The van der Waals surface area contributed by atoms with Crippen LogP contribution in [-0.4, -0.2) is 57.0 Å². The van der Waals surface area contributed by atoms with Crippen molar-refractivity contribution in [2.75, 3.05) is 39.2 Å². The number of carbonyl (C=O) groups excluding carboxylic acids is 2. The zero-order valence-corrected chi connectivity index (χ0v) is 21.7. The number of methoxy groups -OCH3 is 2. The van der Waals surface area contributed by atoms with Crippen molar-refractivity contribution in [1.29, 1.82) is 0 Å². The highest BCUT2D eigenvalue weighted by Crippen LogP contribution is 2.24. The summed E-state index contributed by atoms with van der Waals surface area (Å²) in [5.41, 5.74) is 8.18. The zero-order valence-electron chi connectivity index (χ0n) is 21.7. The van der Waals surface area contributed by atoms with Gasteiger partial charge in [-0.2, -0.15) is 0 Å². The summed E-state index contributed by atoms with van der Waals surface area (Å²) in [5, 5.41) is 2.98. The number of hydrogen-bond acceptors (Lipinski definition) is 6. The minimum atomic E-state index is -0.180. The van der Waals surface area contributed by atoms with Crippen molar-refractivity contribution in [3.05, 3.63) is 53.6 Å². The molecule has 0 spiro atoms. The number of aldehydes is 1. The summed E-state index contributed by atoms with van der Waals surface area (Å²) < 4.78 is 10.5. The SMILES string of the molecule is COc1cc(OC)cc(C(=O)Nc2cccc(CCN3CCCCC3)c2)c1.NC1CCC(C=O)CC1. The Morgan fingerprint density at radius 3 is 2.28 bits per heavy atom. The van der Waals surface area contributed by atoms with E-state index in [-0.39, 0.29) is 5.91 Å². The Labute approximate surface area is 215 Å². The van der Waals surface area contributed by atoms with Gasteiger partial charge in [-0.3, -0.25) is 4.79 Å². The first-order chi connectivity index (χ1) is 17.5. The number of carbonyl (C=O) groups is 2. The van der Waals surface area contributed by atoms with Crippen molar-refractivity contribution < 1.29 is 19.1 Å². The molecule has 36 heavy (non-hydrogen) atoms. The maximum Gasteiger partial charge on any atom is 0.255 e. The summed E-state index contributed by atoms with van der Waals surface area (Å²) in [4.78, 5) is 25.4. The van der Waals surface area contributed by atoms with Gasteiger partial charge < -0.3 is 30.2 Å². The molecule has 1 heterocycles. The molecule has 0 bridgehead atoms. The number of piperidine rings is 1. The van der Waals surface area contributed by atoms with Gasteiger partial charge in [0.15, 0.2) is 0 Å². The van der Waals surface area contributed by atoms with Gasteiger partial charge in [-0.1, -0.05) is 18.6 Å². The van der Waals surface area contributed by atoms with Gasteiger partial charge in [-0.15, -0.1) is 0 Å². The van der Waals surface area contributed by atoms with E-state index in [4.69, 9.17) is 15.2 Å². The van der Waals surface area contributed by atoms with Gasteiger partial charge in [0.25, 0.3) is 5.91 Å². The molecule has 2 aromatic carbocycles. The Balaban J connectivity index is 0.000000338. The molecule has 3 N–H and O–H groups in total. The zero-order chi connectivity index (χ0) is 25.8. The van der Waals surface area contributed by atoms with Crippen LogP contribution in [0.2, 0.25) is 0 Å². The molecule has 0 unspecified atom stereocenters. The van der Waals surface area contributed by atoms with Crippen molar-refractivity contribution in [3.63, 3.8) is 0 Å². The summed E-state index contributed by atoms with van der Waals surface area (Å²) in [6.45, 7) is 3.48. The normalized spacial score (nSPS) is 20.0. The lowest BCUT2D eigenvalue weighted by molar-refractivity contribution is -0.111. The Kier molecular flexibility index (Phi) is 11.2. The van der Waals surface area contributed by atoms with E-state index in [1.165, 1.54) is 37.9 Å². The van der Waals surface area contributed by atoms with Crippen LogP contribution < -0.4 is 20.5 Å². The second-order valence-corrected chi connectivity index (χ2v) is 9.72. The van der Waals surface area contributed by atoms with Crippen LogP contribution in [0.4, 0.5) is 5.69 Å². The average Bonchev–Trinajstić information content (AvgIpc) is 2.93. The number of nitrogens with one attached hydrogen (secondary N) is 1. The molecule has 2 aliphatic rings. The van der Waals surface area contributed by atoms with Crippen molar-refractivity contribution >= 4 is 17.9 Å². The lowest BCUT2D eigenvalue weighted by Gasteiger charge is -2.26. The number of rotatable bonds is 8. The predicted octanol–water partition coefficient (Wildman–Crippen LogP) is 4.69. The van der Waals surface area contributed by atoms with E-state index in [1.54, 1.807) is 32.4 Å². The van der Waals surface area contributed by atoms with Crippen molar-refractivity contribution in [3.8, 4) is 11.5 Å². The fraction of sp³-hybridized carbons (Fsp3) is 0.517. The number of nitrogens with two attached hydrogens (primary N) is 1.